The number of likely N-dealkylation sites (tertiary alicyclic amines) is 1. The van der Waals surface area contributed by atoms with E-state index in [9.17, 15) is 9.59 Å². The fourth-order valence-electron chi connectivity index (χ4n) is 1.51. The Labute approximate surface area is 93.0 Å². The van der Waals surface area contributed by atoms with Gasteiger partial charge in [0.15, 0.2) is 5.70 Å². The minimum absolute atomic E-state index is 0.0270. The lowest BCUT2D eigenvalue weighted by Crippen LogP contribution is -2.58. The Morgan fingerprint density at radius 1 is 1.67 bits per heavy atom. The standard InChI is InChI=1S/C10H13NO3S/c1-5-7(10(13)14-3)11-8(12)6(2)9(11)15-4/h6,9H,1H2,2-4H3. The maximum Gasteiger partial charge on any atom is 0.363 e. The van der Waals surface area contributed by atoms with Crippen LogP contribution in [0.25, 0.3) is 0 Å². The van der Waals surface area contributed by atoms with E-state index in [1.807, 2.05) is 13.2 Å². The second-order valence-corrected chi connectivity index (χ2v) is 4.09. The second kappa shape index (κ2) is 4.55. The lowest BCUT2D eigenvalue weighted by molar-refractivity contribution is -0.152. The fourth-order valence-corrected chi connectivity index (χ4v) is 2.45. The first kappa shape index (κ1) is 11.9. The van der Waals surface area contributed by atoms with Gasteiger partial charge in [0.05, 0.1) is 18.4 Å². The van der Waals surface area contributed by atoms with E-state index in [4.69, 9.17) is 0 Å². The molecule has 1 saturated heterocycles. The van der Waals surface area contributed by atoms with E-state index in [2.05, 4.69) is 17.0 Å². The van der Waals surface area contributed by atoms with Gasteiger partial charge in [0.25, 0.3) is 0 Å². The van der Waals surface area contributed by atoms with Crippen LogP contribution in [0.3, 0.4) is 0 Å². The molecule has 0 aromatic carbocycles. The number of methoxy groups -OCH3 is 1. The summed E-state index contributed by atoms with van der Waals surface area (Å²) in [5.41, 5.74) is 2.55. The van der Waals surface area contributed by atoms with Crippen molar-refractivity contribution in [1.82, 2.24) is 4.90 Å². The summed E-state index contributed by atoms with van der Waals surface area (Å²) in [5.74, 6) is -0.747. The Hall–Kier alpha value is -1.19. The highest BCUT2D eigenvalue weighted by atomic mass is 32.2. The van der Waals surface area contributed by atoms with Gasteiger partial charge < -0.3 is 4.74 Å². The summed E-state index contributed by atoms with van der Waals surface area (Å²) in [6.45, 7) is 5.23. The molecule has 1 amide bonds. The average Bonchev–Trinajstić information content (AvgIpc) is 2.27. The molecule has 2 unspecified atom stereocenters. The van der Waals surface area contributed by atoms with Crippen LogP contribution in [0.4, 0.5) is 0 Å². The molecule has 5 heteroatoms. The van der Waals surface area contributed by atoms with Gasteiger partial charge in [-0.15, -0.1) is 11.8 Å². The molecule has 0 aliphatic carbocycles. The van der Waals surface area contributed by atoms with Crippen molar-refractivity contribution in [3.63, 3.8) is 0 Å². The molecule has 1 aliphatic rings. The van der Waals surface area contributed by atoms with Gasteiger partial charge in [-0.2, -0.15) is 0 Å². The number of hydrogen-bond donors (Lipinski definition) is 0. The zero-order chi connectivity index (χ0) is 11.6. The van der Waals surface area contributed by atoms with Crippen molar-refractivity contribution in [3.8, 4) is 0 Å². The highest BCUT2D eigenvalue weighted by Crippen LogP contribution is 2.36. The van der Waals surface area contributed by atoms with Crippen LogP contribution in [0.1, 0.15) is 6.92 Å². The maximum absolute atomic E-state index is 11.6. The van der Waals surface area contributed by atoms with Crippen LogP contribution in [0.5, 0.6) is 0 Å². The second-order valence-electron chi connectivity index (χ2n) is 3.14. The fraction of sp³-hybridized carbons (Fsp3) is 0.500. The van der Waals surface area contributed by atoms with Gasteiger partial charge in [0, 0.05) is 0 Å². The van der Waals surface area contributed by atoms with Crippen LogP contribution in [-0.2, 0) is 14.3 Å². The summed E-state index contributed by atoms with van der Waals surface area (Å²) in [4.78, 5) is 24.3. The molecule has 1 rings (SSSR count). The third kappa shape index (κ3) is 1.80. The van der Waals surface area contributed by atoms with Crippen LogP contribution in [0.2, 0.25) is 0 Å². The van der Waals surface area contributed by atoms with Crippen molar-refractivity contribution in [2.45, 2.75) is 12.3 Å². The number of hydrogen-bond acceptors (Lipinski definition) is 4. The number of β-lactam (4-membered cyclic amide) rings is 1. The van der Waals surface area contributed by atoms with Crippen molar-refractivity contribution < 1.29 is 14.3 Å². The minimum atomic E-state index is -0.579. The average molecular weight is 227 g/mol. The first-order valence-electron chi connectivity index (χ1n) is 4.42. The van der Waals surface area contributed by atoms with Crippen molar-refractivity contribution in [1.29, 1.82) is 0 Å². The Morgan fingerprint density at radius 3 is 2.67 bits per heavy atom. The zero-order valence-electron chi connectivity index (χ0n) is 8.94. The Bertz CT molecular complexity index is 347. The normalized spacial score (nSPS) is 24.2. The Balaban J connectivity index is 2.92. The molecule has 82 valence electrons. The quantitative estimate of drug-likeness (QED) is 0.312. The maximum atomic E-state index is 11.6. The van der Waals surface area contributed by atoms with Crippen molar-refractivity contribution in [2.24, 2.45) is 5.92 Å². The van der Waals surface area contributed by atoms with E-state index in [-0.39, 0.29) is 22.9 Å². The van der Waals surface area contributed by atoms with Gasteiger partial charge in [-0.3, -0.25) is 9.69 Å². The predicted molar refractivity (Wildman–Crippen MR) is 58.0 cm³/mol. The number of carbonyl (C=O) groups excluding carboxylic acids is 2. The topological polar surface area (TPSA) is 46.6 Å². The third-order valence-electron chi connectivity index (χ3n) is 2.34. The van der Waals surface area contributed by atoms with Gasteiger partial charge in [-0.05, 0) is 6.26 Å². The van der Waals surface area contributed by atoms with Gasteiger partial charge in [0.2, 0.25) is 5.91 Å². The van der Waals surface area contributed by atoms with Gasteiger partial charge in [-0.25, -0.2) is 4.79 Å². The Morgan fingerprint density at radius 2 is 2.27 bits per heavy atom. The highest BCUT2D eigenvalue weighted by molar-refractivity contribution is 7.99. The van der Waals surface area contributed by atoms with E-state index in [1.54, 1.807) is 0 Å². The summed E-state index contributed by atoms with van der Waals surface area (Å²) in [5, 5.41) is -0.0270. The zero-order valence-corrected chi connectivity index (χ0v) is 9.76. The number of esters is 1. The van der Waals surface area contributed by atoms with Crippen molar-refractivity contribution in [3.05, 3.63) is 18.0 Å². The van der Waals surface area contributed by atoms with Gasteiger partial charge in [0.1, 0.15) is 0 Å². The number of thioether (sulfide) groups is 1. The number of carbonyl (C=O) groups is 2. The van der Waals surface area contributed by atoms with Crippen molar-refractivity contribution in [2.75, 3.05) is 13.4 Å². The molecular weight excluding hydrogens is 214 g/mol. The summed E-state index contributed by atoms with van der Waals surface area (Å²) >= 11 is 1.51. The van der Waals surface area contributed by atoms with Crippen LogP contribution < -0.4 is 0 Å². The van der Waals surface area contributed by atoms with Crippen LogP contribution in [0, 0.1) is 5.92 Å². The van der Waals surface area contributed by atoms with Gasteiger partial charge in [-0.1, -0.05) is 19.2 Å². The monoisotopic (exact) mass is 227 g/mol. The molecule has 1 heterocycles. The smallest absolute Gasteiger partial charge is 0.363 e. The van der Waals surface area contributed by atoms with Crippen LogP contribution >= 0.6 is 11.8 Å². The molecule has 2 atom stereocenters. The molecule has 15 heavy (non-hydrogen) atoms. The first-order valence-corrected chi connectivity index (χ1v) is 5.71. The van der Waals surface area contributed by atoms with Crippen LogP contribution in [-0.4, -0.2) is 35.5 Å². The van der Waals surface area contributed by atoms with E-state index in [0.717, 1.165) is 0 Å². The molecule has 0 aromatic rings. The number of ether oxygens (including phenoxy) is 1. The highest BCUT2D eigenvalue weighted by Gasteiger charge is 2.47. The molecule has 0 N–H and O–H groups in total. The molecule has 1 aliphatic heterocycles. The SMILES string of the molecule is C=C=C(C(=O)OC)N1C(=O)C(C)C1SC. The molecule has 0 radical (unpaired) electrons. The lowest BCUT2D eigenvalue weighted by Gasteiger charge is -2.44. The number of rotatable bonds is 3. The molecule has 0 aromatic heterocycles. The summed E-state index contributed by atoms with van der Waals surface area (Å²) in [7, 11) is 1.27. The van der Waals surface area contributed by atoms with Crippen LogP contribution in [0.15, 0.2) is 18.0 Å². The summed E-state index contributed by atoms with van der Waals surface area (Å²) in [6.07, 6.45) is 1.89. The molecular formula is C10H13NO3S. The predicted octanol–water partition coefficient (Wildman–Crippen LogP) is 0.996. The Kier molecular flexibility index (Phi) is 3.61. The number of nitrogens with zero attached hydrogens (tertiary/aromatic N) is 1. The molecule has 0 spiro atoms. The van der Waals surface area contributed by atoms with E-state index >= 15 is 0 Å². The molecule has 0 saturated carbocycles. The summed E-state index contributed by atoms with van der Waals surface area (Å²) in [6, 6.07) is 0. The van der Waals surface area contributed by atoms with E-state index in [0.29, 0.717) is 0 Å². The third-order valence-corrected chi connectivity index (χ3v) is 3.44. The molecule has 4 nitrogen and oxygen atoms in total. The largest absolute Gasteiger partial charge is 0.464 e. The first-order chi connectivity index (χ1) is 7.08. The van der Waals surface area contributed by atoms with Gasteiger partial charge >= 0.3 is 5.97 Å². The summed E-state index contributed by atoms with van der Waals surface area (Å²) < 4.78 is 4.55. The van der Waals surface area contributed by atoms with E-state index in [1.165, 1.54) is 23.8 Å². The molecule has 1 fully saturated rings. The van der Waals surface area contributed by atoms with Crippen molar-refractivity contribution >= 4 is 23.6 Å². The molecule has 0 bridgehead atoms. The number of amides is 1. The lowest BCUT2D eigenvalue weighted by atomic mass is 10.00. The minimum Gasteiger partial charge on any atom is -0.464 e. The van der Waals surface area contributed by atoms with E-state index < -0.39 is 5.97 Å².